The first-order valence-corrected chi connectivity index (χ1v) is 12.6. The normalized spacial score (nSPS) is 9.24. The first kappa shape index (κ1) is 45.2. The van der Waals surface area contributed by atoms with E-state index in [1.807, 2.05) is 27.7 Å². The third-order valence-electron chi connectivity index (χ3n) is 3.69. The first-order chi connectivity index (χ1) is 17.5. The summed E-state index contributed by atoms with van der Waals surface area (Å²) in [5.41, 5.74) is 0. The van der Waals surface area contributed by atoms with Crippen molar-refractivity contribution in [2.24, 2.45) is 0 Å². The van der Waals surface area contributed by atoms with E-state index < -0.39 is 0 Å². The van der Waals surface area contributed by atoms with Crippen LogP contribution in [0.15, 0.2) is 0 Å². The summed E-state index contributed by atoms with van der Waals surface area (Å²) < 4.78 is 27.4. The van der Waals surface area contributed by atoms with Crippen molar-refractivity contribution in [3.63, 3.8) is 0 Å². The number of unbranched alkanes of at least 4 members (excludes halogenated alkanes) is 2. The Kier molecular flexibility index (Phi) is 50.4. The molecule has 0 saturated carbocycles. The Morgan fingerprint density at radius 2 is 0.892 bits per heavy atom. The molecule has 0 rings (SSSR count). The Bertz CT molecular complexity index is 431. The third-order valence-corrected chi connectivity index (χ3v) is 3.69. The van der Waals surface area contributed by atoms with E-state index in [0.717, 1.165) is 38.8 Å². The van der Waals surface area contributed by atoms with Crippen LogP contribution in [0.1, 0.15) is 67.2 Å². The number of nitrogens with one attached hydrogen (secondary N) is 2. The van der Waals surface area contributed by atoms with Crippen LogP contribution in [0.2, 0.25) is 0 Å². The molecule has 11 nitrogen and oxygen atoms in total. The molecule has 0 fully saturated rings. The van der Waals surface area contributed by atoms with Crippen molar-refractivity contribution in [2.75, 3.05) is 75.6 Å². The van der Waals surface area contributed by atoms with Crippen molar-refractivity contribution in [3.8, 4) is 0 Å². The van der Waals surface area contributed by atoms with Crippen molar-refractivity contribution in [1.82, 2.24) is 10.6 Å². The van der Waals surface area contributed by atoms with Gasteiger partial charge in [-0.2, -0.15) is 0 Å². The van der Waals surface area contributed by atoms with E-state index in [9.17, 15) is 14.4 Å². The average Bonchev–Trinajstić information content (AvgIpc) is 2.86. The molecule has 37 heavy (non-hydrogen) atoms. The highest BCUT2D eigenvalue weighted by Crippen LogP contribution is 1.83. The predicted molar refractivity (Wildman–Crippen MR) is 148 cm³/mol. The molecule has 0 bridgehead atoms. The van der Waals surface area contributed by atoms with Gasteiger partial charge in [0.25, 0.3) is 0 Å². The summed E-state index contributed by atoms with van der Waals surface area (Å²) in [6, 6.07) is 0. The molecule has 0 aromatic carbocycles. The fourth-order valence-electron chi connectivity index (χ4n) is 1.35. The largest absolute Gasteiger partial charge is 0.467 e. The lowest BCUT2D eigenvalue weighted by atomic mass is 10.3. The van der Waals surface area contributed by atoms with Crippen LogP contribution in [0.3, 0.4) is 0 Å². The molecule has 11 heteroatoms. The van der Waals surface area contributed by atoms with Gasteiger partial charge in [-0.1, -0.05) is 26.7 Å². The van der Waals surface area contributed by atoms with Crippen LogP contribution in [0.5, 0.6) is 0 Å². The summed E-state index contributed by atoms with van der Waals surface area (Å²) >= 11 is 0. The summed E-state index contributed by atoms with van der Waals surface area (Å²) in [4.78, 5) is 31.4. The number of hydrogen-bond acceptors (Lipinski definition) is 9. The summed E-state index contributed by atoms with van der Waals surface area (Å²) in [5, 5.41) is 5.44. The number of methoxy groups -OCH3 is 6. The Balaban J connectivity index is -0.000000119. The molecule has 0 heterocycles. The van der Waals surface area contributed by atoms with E-state index in [0.29, 0.717) is 12.2 Å². The highest BCUT2D eigenvalue weighted by molar-refractivity contribution is 5.77. The Labute approximate surface area is 226 Å². The molecular weight excluding hydrogens is 484 g/mol. The lowest BCUT2D eigenvalue weighted by molar-refractivity contribution is -0.144. The predicted octanol–water partition coefficient (Wildman–Crippen LogP) is 2.99. The van der Waals surface area contributed by atoms with Crippen LogP contribution < -0.4 is 10.6 Å². The number of esters is 1. The van der Waals surface area contributed by atoms with Gasteiger partial charge < -0.3 is 39.1 Å². The Morgan fingerprint density at radius 1 is 0.595 bits per heavy atom. The van der Waals surface area contributed by atoms with Crippen LogP contribution in [-0.4, -0.2) is 106 Å². The summed E-state index contributed by atoms with van der Waals surface area (Å²) in [7, 11) is 9.19. The lowest BCUT2D eigenvalue weighted by Crippen LogP contribution is -2.27. The molecule has 0 aliphatic heterocycles. The average molecular weight is 543 g/mol. The molecule has 0 saturated heterocycles. The molecule has 0 spiro atoms. The van der Waals surface area contributed by atoms with Crippen molar-refractivity contribution in [3.05, 3.63) is 0 Å². The fraction of sp³-hybridized carbons (Fsp3) is 0.885. The Hall–Kier alpha value is -1.79. The summed E-state index contributed by atoms with van der Waals surface area (Å²) in [5.74, 6) is -0.408. The SMILES string of the molecule is CCCCNC(=O)COC.CCCCNC(=O)COC.COC(C)C.COC(C)C.COCC(=O)OC. The zero-order chi connectivity index (χ0) is 29.9. The monoisotopic (exact) mass is 542 g/mol. The molecule has 0 aromatic heterocycles. The van der Waals surface area contributed by atoms with Gasteiger partial charge in [-0.05, 0) is 40.5 Å². The minimum atomic E-state index is -0.345. The van der Waals surface area contributed by atoms with Gasteiger partial charge in [-0.3, -0.25) is 9.59 Å². The Morgan fingerprint density at radius 3 is 1.05 bits per heavy atom. The van der Waals surface area contributed by atoms with Gasteiger partial charge >= 0.3 is 5.97 Å². The number of carbonyl (C=O) groups is 3. The topological polar surface area (TPSA) is 131 Å². The van der Waals surface area contributed by atoms with Gasteiger partial charge in [0.1, 0.15) is 19.8 Å². The van der Waals surface area contributed by atoms with E-state index in [2.05, 4.69) is 43.4 Å². The second-order valence-electron chi connectivity index (χ2n) is 7.85. The van der Waals surface area contributed by atoms with Crippen LogP contribution >= 0.6 is 0 Å². The molecule has 0 aliphatic carbocycles. The van der Waals surface area contributed by atoms with Gasteiger partial charge in [0.2, 0.25) is 11.8 Å². The molecule has 0 radical (unpaired) electrons. The quantitative estimate of drug-likeness (QED) is 0.251. The smallest absolute Gasteiger partial charge is 0.331 e. The zero-order valence-corrected chi connectivity index (χ0v) is 25.7. The minimum absolute atomic E-state index is 0.0315. The van der Waals surface area contributed by atoms with Crippen LogP contribution in [0, 0.1) is 0 Å². The highest BCUT2D eigenvalue weighted by Gasteiger charge is 1.96. The fourth-order valence-corrected chi connectivity index (χ4v) is 1.35. The molecule has 2 amide bonds. The van der Waals surface area contributed by atoms with E-state index >= 15 is 0 Å². The van der Waals surface area contributed by atoms with Gasteiger partial charge in [-0.15, -0.1) is 0 Å². The second-order valence-corrected chi connectivity index (χ2v) is 7.85. The third kappa shape index (κ3) is 65.9. The number of amides is 2. The molecule has 226 valence electrons. The van der Waals surface area contributed by atoms with Gasteiger partial charge in [0.15, 0.2) is 0 Å². The van der Waals surface area contributed by atoms with E-state index in [1.165, 1.54) is 28.4 Å². The van der Waals surface area contributed by atoms with Crippen molar-refractivity contribution in [1.29, 1.82) is 0 Å². The molecule has 2 N–H and O–H groups in total. The number of carbonyl (C=O) groups excluding carboxylic acids is 3. The van der Waals surface area contributed by atoms with E-state index in [1.54, 1.807) is 14.2 Å². The van der Waals surface area contributed by atoms with Gasteiger partial charge in [0.05, 0.1) is 19.3 Å². The van der Waals surface area contributed by atoms with Crippen molar-refractivity contribution < 1.29 is 42.8 Å². The molecule has 0 aromatic rings. The first-order valence-electron chi connectivity index (χ1n) is 12.6. The van der Waals surface area contributed by atoms with E-state index in [-0.39, 0.29) is 37.6 Å². The van der Waals surface area contributed by atoms with Gasteiger partial charge in [0, 0.05) is 48.6 Å². The maximum atomic E-state index is 10.7. The maximum Gasteiger partial charge on any atom is 0.331 e. The zero-order valence-electron chi connectivity index (χ0n) is 25.7. The van der Waals surface area contributed by atoms with E-state index in [4.69, 9.17) is 9.47 Å². The number of rotatable bonds is 14. The maximum absolute atomic E-state index is 10.7. The summed E-state index contributed by atoms with van der Waals surface area (Å²) in [6.45, 7) is 14.1. The molecule has 0 unspecified atom stereocenters. The summed E-state index contributed by atoms with van der Waals surface area (Å²) in [6.07, 6.45) is 5.05. The molecule has 0 aliphatic rings. The van der Waals surface area contributed by atoms with Crippen LogP contribution in [0.4, 0.5) is 0 Å². The highest BCUT2D eigenvalue weighted by atomic mass is 16.6. The second kappa shape index (κ2) is 41.3. The van der Waals surface area contributed by atoms with Crippen molar-refractivity contribution in [2.45, 2.75) is 79.4 Å². The molecular formula is C26H58N2O9. The molecule has 0 atom stereocenters. The van der Waals surface area contributed by atoms with Crippen molar-refractivity contribution >= 4 is 17.8 Å². The van der Waals surface area contributed by atoms with Crippen LogP contribution in [-0.2, 0) is 42.8 Å². The lowest BCUT2D eigenvalue weighted by Gasteiger charge is -2.01. The number of hydrogen-bond donors (Lipinski definition) is 2. The minimum Gasteiger partial charge on any atom is -0.467 e. The van der Waals surface area contributed by atoms with Gasteiger partial charge in [-0.25, -0.2) is 4.79 Å². The standard InChI is InChI=1S/2C7H15NO2.C4H8O3.2C4H10O/c2*1-3-4-5-8-7(9)6-10-2;1-6-3-4(5)7-2;2*1-4(2)5-3/h2*3-6H2,1-2H3,(H,8,9);3H2,1-2H3;2*4H,1-3H3. The number of ether oxygens (including phenoxy) is 6. The van der Waals surface area contributed by atoms with Crippen LogP contribution in [0.25, 0.3) is 0 Å².